The normalized spacial score (nSPS) is 21.2. The molecule has 0 spiro atoms. The van der Waals surface area contributed by atoms with Gasteiger partial charge in [0.15, 0.2) is 0 Å². The number of esters is 1. The van der Waals surface area contributed by atoms with Crippen LogP contribution in [-0.4, -0.2) is 67.2 Å². The molecule has 2 heterocycles. The van der Waals surface area contributed by atoms with E-state index in [1.54, 1.807) is 10.9 Å². The number of nitrogens with zero attached hydrogens (tertiary/aromatic N) is 3. The molecule has 8 nitrogen and oxygen atoms in total. The van der Waals surface area contributed by atoms with Crippen molar-refractivity contribution in [1.82, 2.24) is 20.3 Å². The van der Waals surface area contributed by atoms with E-state index >= 15 is 0 Å². The molecule has 22 heavy (non-hydrogen) atoms. The van der Waals surface area contributed by atoms with E-state index in [0.29, 0.717) is 38.5 Å². The summed E-state index contributed by atoms with van der Waals surface area (Å²) in [6.07, 6.45) is 2.42. The fourth-order valence-corrected chi connectivity index (χ4v) is 2.25. The smallest absolute Gasteiger partial charge is 0.322 e. The van der Waals surface area contributed by atoms with Crippen LogP contribution in [-0.2, 0) is 25.6 Å². The first-order valence-electron chi connectivity index (χ1n) is 7.18. The van der Waals surface area contributed by atoms with Crippen molar-refractivity contribution < 1.29 is 23.4 Å². The van der Waals surface area contributed by atoms with Gasteiger partial charge in [-0.25, -0.2) is 9.07 Å². The molecule has 0 saturated carbocycles. The van der Waals surface area contributed by atoms with Gasteiger partial charge < -0.3 is 19.5 Å². The van der Waals surface area contributed by atoms with Gasteiger partial charge in [0.2, 0.25) is 0 Å². The average molecular weight is 315 g/mol. The Morgan fingerprint density at radius 2 is 2.27 bits per heavy atom. The van der Waals surface area contributed by atoms with E-state index in [4.69, 9.17) is 14.2 Å². The molecule has 0 bridgehead atoms. The number of halogens is 1. The van der Waals surface area contributed by atoms with Crippen molar-refractivity contribution in [3.63, 3.8) is 0 Å². The number of methoxy groups -OCH3 is 1. The number of rotatable bonds is 9. The van der Waals surface area contributed by atoms with E-state index in [0.717, 1.165) is 0 Å². The van der Waals surface area contributed by atoms with E-state index in [-0.39, 0.29) is 24.7 Å². The van der Waals surface area contributed by atoms with Gasteiger partial charge in [-0.3, -0.25) is 4.79 Å². The molecule has 2 rings (SSSR count). The SMILES string of the molecule is COC(=O)[C@@H]1C[C@H](n2cc(COCCOCC[18F])nn2)CN1. The molecular formula is C13H21FN4O4. The van der Waals surface area contributed by atoms with Gasteiger partial charge in [0.25, 0.3) is 0 Å². The molecule has 0 amide bonds. The van der Waals surface area contributed by atoms with Crippen LogP contribution < -0.4 is 5.32 Å². The summed E-state index contributed by atoms with van der Waals surface area (Å²) in [6, 6.07) is -0.232. The topological polar surface area (TPSA) is 87.5 Å². The summed E-state index contributed by atoms with van der Waals surface area (Å²) in [5.74, 6) is -0.264. The zero-order chi connectivity index (χ0) is 15.8. The lowest BCUT2D eigenvalue weighted by Crippen LogP contribution is -2.31. The predicted molar refractivity (Wildman–Crippen MR) is 73.9 cm³/mol. The third kappa shape index (κ3) is 4.72. The van der Waals surface area contributed by atoms with Crippen LogP contribution in [0.25, 0.3) is 0 Å². The van der Waals surface area contributed by atoms with Crippen LogP contribution in [0.15, 0.2) is 6.20 Å². The van der Waals surface area contributed by atoms with Gasteiger partial charge in [-0.1, -0.05) is 5.21 Å². The molecule has 124 valence electrons. The quantitative estimate of drug-likeness (QED) is 0.501. The molecule has 0 unspecified atom stereocenters. The van der Waals surface area contributed by atoms with Crippen molar-refractivity contribution >= 4 is 5.97 Å². The zero-order valence-corrected chi connectivity index (χ0v) is 12.5. The molecular weight excluding hydrogens is 294 g/mol. The number of aromatic nitrogens is 3. The fraction of sp³-hybridized carbons (Fsp3) is 0.769. The Morgan fingerprint density at radius 1 is 1.45 bits per heavy atom. The minimum Gasteiger partial charge on any atom is -0.468 e. The predicted octanol–water partition coefficient (Wildman–Crippen LogP) is -0.143. The molecule has 0 aromatic carbocycles. The Morgan fingerprint density at radius 3 is 3.05 bits per heavy atom. The van der Waals surface area contributed by atoms with Crippen LogP contribution in [0.2, 0.25) is 0 Å². The van der Waals surface area contributed by atoms with Crippen molar-refractivity contribution in [1.29, 1.82) is 0 Å². The Labute approximate surface area is 127 Å². The first-order chi connectivity index (χ1) is 10.7. The van der Waals surface area contributed by atoms with Gasteiger partial charge in [-0.2, -0.15) is 0 Å². The third-order valence-electron chi connectivity index (χ3n) is 3.37. The maximum Gasteiger partial charge on any atom is 0.322 e. The number of alkyl halides is 1. The lowest BCUT2D eigenvalue weighted by atomic mass is 10.2. The summed E-state index contributed by atoms with van der Waals surface area (Å²) in [5.41, 5.74) is 0.701. The maximum atomic E-state index is 11.8. The molecule has 0 radical (unpaired) electrons. The number of carbonyl (C=O) groups is 1. The Bertz CT molecular complexity index is 471. The van der Waals surface area contributed by atoms with Crippen LogP contribution in [0.4, 0.5) is 4.39 Å². The zero-order valence-electron chi connectivity index (χ0n) is 12.5. The van der Waals surface area contributed by atoms with Gasteiger partial charge in [0.1, 0.15) is 18.4 Å². The lowest BCUT2D eigenvalue weighted by Gasteiger charge is -2.08. The first kappa shape index (κ1) is 16.8. The number of nitrogens with one attached hydrogen (secondary N) is 1. The lowest BCUT2D eigenvalue weighted by molar-refractivity contribution is -0.142. The van der Waals surface area contributed by atoms with Gasteiger partial charge >= 0.3 is 5.97 Å². The van der Waals surface area contributed by atoms with Crippen molar-refractivity contribution in [2.45, 2.75) is 25.1 Å². The van der Waals surface area contributed by atoms with Crippen molar-refractivity contribution in [2.24, 2.45) is 0 Å². The fourth-order valence-electron chi connectivity index (χ4n) is 2.25. The molecule has 1 aliphatic heterocycles. The average Bonchev–Trinajstić information content (AvgIpc) is 3.18. The monoisotopic (exact) mass is 315 g/mol. The maximum absolute atomic E-state index is 11.8. The van der Waals surface area contributed by atoms with Crippen LogP contribution in [0, 0.1) is 0 Å². The third-order valence-corrected chi connectivity index (χ3v) is 3.37. The molecule has 1 aromatic rings. The Hall–Kier alpha value is -1.58. The highest BCUT2D eigenvalue weighted by Crippen LogP contribution is 2.19. The van der Waals surface area contributed by atoms with E-state index in [1.807, 2.05) is 0 Å². The largest absolute Gasteiger partial charge is 0.468 e. The minimum absolute atomic E-state index is 0.0678. The summed E-state index contributed by atoms with van der Waals surface area (Å²) in [5, 5.41) is 11.2. The van der Waals surface area contributed by atoms with E-state index in [1.165, 1.54) is 7.11 Å². The minimum atomic E-state index is -0.490. The van der Waals surface area contributed by atoms with Crippen LogP contribution in [0.3, 0.4) is 0 Å². The summed E-state index contributed by atoms with van der Waals surface area (Å²) < 4.78 is 28.6. The second kappa shape index (κ2) is 8.76. The summed E-state index contributed by atoms with van der Waals surface area (Å²) in [4.78, 5) is 11.5. The second-order valence-electron chi connectivity index (χ2n) is 4.92. The van der Waals surface area contributed by atoms with Gasteiger partial charge in [0, 0.05) is 6.54 Å². The molecule has 1 aliphatic rings. The number of hydrogen-bond donors (Lipinski definition) is 1. The molecule has 1 N–H and O–H groups in total. The van der Waals surface area contributed by atoms with Crippen LogP contribution >= 0.6 is 0 Å². The van der Waals surface area contributed by atoms with Gasteiger partial charge in [0.05, 0.1) is 45.8 Å². The summed E-state index contributed by atoms with van der Waals surface area (Å²) in [7, 11) is 1.37. The second-order valence-corrected chi connectivity index (χ2v) is 4.92. The molecule has 0 aliphatic carbocycles. The summed E-state index contributed by atoms with van der Waals surface area (Å²) >= 11 is 0. The molecule has 9 heteroatoms. The van der Waals surface area contributed by atoms with E-state index in [9.17, 15) is 9.18 Å². The molecule has 2 atom stereocenters. The molecule has 1 saturated heterocycles. The number of carbonyl (C=O) groups excluding carboxylic acids is 1. The van der Waals surface area contributed by atoms with Crippen molar-refractivity contribution in [3.8, 4) is 0 Å². The van der Waals surface area contributed by atoms with E-state index in [2.05, 4.69) is 15.6 Å². The number of ether oxygens (including phenoxy) is 3. The Kier molecular flexibility index (Phi) is 6.69. The summed E-state index contributed by atoms with van der Waals surface area (Å²) in [6.45, 7) is 1.29. The van der Waals surface area contributed by atoms with Crippen molar-refractivity contribution in [2.75, 3.05) is 40.1 Å². The first-order valence-corrected chi connectivity index (χ1v) is 7.18. The van der Waals surface area contributed by atoms with Crippen LogP contribution in [0.5, 0.6) is 0 Å². The highest BCUT2D eigenvalue weighted by Gasteiger charge is 2.31. The standard InChI is InChI=1S/C13H21FN4O4/c1-20-13(19)12-6-11(7-15-12)18-8-10(16-17-18)9-22-5-4-21-3-2-14/h8,11-12,15H,2-7,9H2,1H3/t11-,12-/m0/s1/i14-1. The van der Waals surface area contributed by atoms with Gasteiger partial charge in [-0.05, 0) is 6.42 Å². The van der Waals surface area contributed by atoms with Crippen molar-refractivity contribution in [3.05, 3.63) is 11.9 Å². The molecule has 1 fully saturated rings. The van der Waals surface area contributed by atoms with Crippen LogP contribution in [0.1, 0.15) is 18.2 Å². The highest BCUT2D eigenvalue weighted by molar-refractivity contribution is 5.76. The highest BCUT2D eigenvalue weighted by atomic mass is 18.2. The number of hydrogen-bond acceptors (Lipinski definition) is 7. The molecule has 1 aromatic heterocycles. The Balaban J connectivity index is 1.71. The van der Waals surface area contributed by atoms with Gasteiger partial charge in [-0.15, -0.1) is 5.10 Å². The van der Waals surface area contributed by atoms with E-state index < -0.39 is 6.67 Å².